The van der Waals surface area contributed by atoms with Gasteiger partial charge in [0.05, 0.1) is 11.4 Å². The molecule has 0 saturated carbocycles. The third kappa shape index (κ3) is 2.19. The van der Waals surface area contributed by atoms with Gasteiger partial charge in [0.25, 0.3) is 0 Å². The molecule has 0 atom stereocenters. The Labute approximate surface area is 116 Å². The summed E-state index contributed by atoms with van der Waals surface area (Å²) in [4.78, 5) is 7.15. The van der Waals surface area contributed by atoms with Gasteiger partial charge in [0.2, 0.25) is 0 Å². The molecule has 0 aliphatic heterocycles. The Bertz CT molecular complexity index is 730. The second-order valence-corrected chi connectivity index (χ2v) is 4.50. The van der Waals surface area contributed by atoms with E-state index in [1.54, 1.807) is 18.6 Å². The standard InChI is InChI=1S/C16H14N4/c17-14-6-5-11(12-3-1-7-19-10-12)9-13(14)16(18)15-4-2-8-20-15/h1-10,18,20H,17H2. The van der Waals surface area contributed by atoms with E-state index in [0.29, 0.717) is 17.0 Å². The van der Waals surface area contributed by atoms with Crippen LogP contribution in [0.3, 0.4) is 0 Å². The molecular weight excluding hydrogens is 248 g/mol. The highest BCUT2D eigenvalue weighted by Gasteiger charge is 2.10. The summed E-state index contributed by atoms with van der Waals surface area (Å²) >= 11 is 0. The highest BCUT2D eigenvalue weighted by Crippen LogP contribution is 2.24. The van der Waals surface area contributed by atoms with E-state index < -0.39 is 0 Å². The molecule has 3 rings (SSSR count). The fraction of sp³-hybridized carbons (Fsp3) is 0. The van der Waals surface area contributed by atoms with Crippen LogP contribution in [0.1, 0.15) is 11.3 Å². The van der Waals surface area contributed by atoms with Crippen LogP contribution in [0.5, 0.6) is 0 Å². The average Bonchev–Trinajstić information content (AvgIpc) is 3.02. The summed E-state index contributed by atoms with van der Waals surface area (Å²) in [6.07, 6.45) is 5.33. The van der Waals surface area contributed by atoms with E-state index in [4.69, 9.17) is 11.1 Å². The number of H-pyrrole nitrogens is 1. The van der Waals surface area contributed by atoms with Gasteiger partial charge in [-0.15, -0.1) is 0 Å². The number of nitrogens with one attached hydrogen (secondary N) is 2. The third-order valence-corrected chi connectivity index (χ3v) is 3.18. The first-order chi connectivity index (χ1) is 9.75. The molecule has 0 amide bonds. The van der Waals surface area contributed by atoms with E-state index in [1.165, 1.54) is 0 Å². The lowest BCUT2D eigenvalue weighted by Crippen LogP contribution is -2.06. The first-order valence-electron chi connectivity index (χ1n) is 6.28. The molecule has 2 heterocycles. The SMILES string of the molecule is N=C(c1ccc[nH]1)c1cc(-c2cccnc2)ccc1N. The second-order valence-electron chi connectivity index (χ2n) is 4.50. The monoisotopic (exact) mass is 262 g/mol. The molecule has 0 bridgehead atoms. The van der Waals surface area contributed by atoms with Gasteiger partial charge in [-0.05, 0) is 35.9 Å². The molecule has 4 nitrogen and oxygen atoms in total. The van der Waals surface area contributed by atoms with Crippen molar-refractivity contribution < 1.29 is 0 Å². The number of aromatic amines is 1. The zero-order valence-electron chi connectivity index (χ0n) is 10.8. The van der Waals surface area contributed by atoms with Crippen LogP contribution in [0.25, 0.3) is 11.1 Å². The van der Waals surface area contributed by atoms with Crippen LogP contribution in [0.4, 0.5) is 5.69 Å². The third-order valence-electron chi connectivity index (χ3n) is 3.18. The Morgan fingerprint density at radius 2 is 2.00 bits per heavy atom. The number of pyridine rings is 1. The van der Waals surface area contributed by atoms with Gasteiger partial charge >= 0.3 is 0 Å². The smallest absolute Gasteiger partial charge is 0.0867 e. The lowest BCUT2D eigenvalue weighted by atomic mass is 9.99. The van der Waals surface area contributed by atoms with Crippen molar-refractivity contribution in [2.75, 3.05) is 5.73 Å². The molecule has 0 unspecified atom stereocenters. The first-order valence-corrected chi connectivity index (χ1v) is 6.28. The summed E-state index contributed by atoms with van der Waals surface area (Å²) in [6.45, 7) is 0. The molecule has 20 heavy (non-hydrogen) atoms. The van der Waals surface area contributed by atoms with E-state index >= 15 is 0 Å². The molecule has 1 aromatic carbocycles. The molecule has 3 aromatic rings. The number of hydrogen-bond donors (Lipinski definition) is 3. The molecule has 4 N–H and O–H groups in total. The molecule has 98 valence electrons. The van der Waals surface area contributed by atoms with E-state index in [9.17, 15) is 0 Å². The van der Waals surface area contributed by atoms with Gasteiger partial charge in [-0.1, -0.05) is 12.1 Å². The van der Waals surface area contributed by atoms with Gasteiger partial charge in [0.15, 0.2) is 0 Å². The summed E-state index contributed by atoms with van der Waals surface area (Å²) in [6, 6.07) is 13.3. The summed E-state index contributed by atoms with van der Waals surface area (Å²) in [5.41, 5.74) is 10.5. The fourth-order valence-corrected chi connectivity index (χ4v) is 2.12. The number of aromatic nitrogens is 2. The number of nitrogen functional groups attached to an aromatic ring is 1. The van der Waals surface area contributed by atoms with E-state index in [1.807, 2.05) is 42.5 Å². The zero-order valence-corrected chi connectivity index (χ0v) is 10.8. The summed E-state index contributed by atoms with van der Waals surface area (Å²) in [5.74, 6) is 0. The molecule has 0 radical (unpaired) electrons. The first kappa shape index (κ1) is 12.2. The van der Waals surface area contributed by atoms with Crippen molar-refractivity contribution >= 4 is 11.4 Å². The molecule has 2 aromatic heterocycles. The van der Waals surface area contributed by atoms with E-state index in [-0.39, 0.29) is 0 Å². The minimum atomic E-state index is 0.387. The van der Waals surface area contributed by atoms with Crippen molar-refractivity contribution in [3.05, 3.63) is 72.3 Å². The van der Waals surface area contributed by atoms with Crippen molar-refractivity contribution in [1.82, 2.24) is 9.97 Å². The number of nitrogens with two attached hydrogens (primary N) is 1. The van der Waals surface area contributed by atoms with Gasteiger partial charge in [-0.2, -0.15) is 0 Å². The van der Waals surface area contributed by atoms with Crippen LogP contribution in [0, 0.1) is 5.41 Å². The Balaban J connectivity index is 2.06. The minimum Gasteiger partial charge on any atom is -0.398 e. The Morgan fingerprint density at radius 3 is 2.70 bits per heavy atom. The van der Waals surface area contributed by atoms with Crippen LogP contribution >= 0.6 is 0 Å². The summed E-state index contributed by atoms with van der Waals surface area (Å²) in [5, 5.41) is 8.26. The maximum Gasteiger partial charge on any atom is 0.0867 e. The van der Waals surface area contributed by atoms with Crippen molar-refractivity contribution in [2.24, 2.45) is 0 Å². The minimum absolute atomic E-state index is 0.387. The number of anilines is 1. The van der Waals surface area contributed by atoms with Crippen molar-refractivity contribution in [1.29, 1.82) is 5.41 Å². The molecule has 0 aliphatic rings. The Morgan fingerprint density at radius 1 is 1.10 bits per heavy atom. The number of hydrogen-bond acceptors (Lipinski definition) is 3. The van der Waals surface area contributed by atoms with Crippen LogP contribution in [-0.2, 0) is 0 Å². The Kier molecular flexibility index (Phi) is 3.05. The van der Waals surface area contributed by atoms with E-state index in [2.05, 4.69) is 9.97 Å². The van der Waals surface area contributed by atoms with Gasteiger partial charge < -0.3 is 10.7 Å². The maximum absolute atomic E-state index is 8.26. The number of nitrogens with zero attached hydrogens (tertiary/aromatic N) is 1. The number of benzene rings is 1. The molecule has 4 heteroatoms. The lowest BCUT2D eigenvalue weighted by molar-refractivity contribution is 1.32. The average molecular weight is 262 g/mol. The fourth-order valence-electron chi connectivity index (χ4n) is 2.12. The van der Waals surface area contributed by atoms with Crippen LogP contribution in [0.15, 0.2) is 61.1 Å². The topological polar surface area (TPSA) is 78.5 Å². The predicted molar refractivity (Wildman–Crippen MR) is 80.8 cm³/mol. The molecule has 0 aliphatic carbocycles. The molecular formula is C16H14N4. The molecule has 0 fully saturated rings. The van der Waals surface area contributed by atoms with Crippen LogP contribution in [-0.4, -0.2) is 15.7 Å². The van der Waals surface area contributed by atoms with Crippen molar-refractivity contribution in [2.45, 2.75) is 0 Å². The second kappa shape index (κ2) is 5.01. The predicted octanol–water partition coefficient (Wildman–Crippen LogP) is 3.08. The van der Waals surface area contributed by atoms with Gasteiger partial charge in [-0.3, -0.25) is 10.4 Å². The van der Waals surface area contributed by atoms with E-state index in [0.717, 1.165) is 16.8 Å². The van der Waals surface area contributed by atoms with Gasteiger partial charge in [0, 0.05) is 35.4 Å². The highest BCUT2D eigenvalue weighted by molar-refractivity contribution is 6.13. The lowest BCUT2D eigenvalue weighted by Gasteiger charge is -2.09. The highest BCUT2D eigenvalue weighted by atomic mass is 14.7. The quantitative estimate of drug-likeness (QED) is 0.501. The van der Waals surface area contributed by atoms with Crippen LogP contribution in [0.2, 0.25) is 0 Å². The van der Waals surface area contributed by atoms with Crippen molar-refractivity contribution in [3.8, 4) is 11.1 Å². The maximum atomic E-state index is 8.26. The summed E-state index contributed by atoms with van der Waals surface area (Å²) in [7, 11) is 0. The molecule has 0 spiro atoms. The Hall–Kier alpha value is -2.88. The van der Waals surface area contributed by atoms with Gasteiger partial charge in [0.1, 0.15) is 0 Å². The summed E-state index contributed by atoms with van der Waals surface area (Å²) < 4.78 is 0. The normalized spacial score (nSPS) is 10.4. The molecule has 0 saturated heterocycles. The van der Waals surface area contributed by atoms with Crippen LogP contribution < -0.4 is 5.73 Å². The van der Waals surface area contributed by atoms with Gasteiger partial charge in [-0.25, -0.2) is 0 Å². The largest absolute Gasteiger partial charge is 0.398 e. The van der Waals surface area contributed by atoms with Crippen molar-refractivity contribution in [3.63, 3.8) is 0 Å². The zero-order chi connectivity index (χ0) is 13.9. The number of rotatable bonds is 3.